The molecule has 1 atom stereocenters. The lowest BCUT2D eigenvalue weighted by Gasteiger charge is -2.14. The second kappa shape index (κ2) is 4.37. The van der Waals surface area contributed by atoms with Crippen LogP contribution in [0.3, 0.4) is 0 Å². The monoisotopic (exact) mass is 322 g/mol. The lowest BCUT2D eigenvalue weighted by Crippen LogP contribution is -2.07. The van der Waals surface area contributed by atoms with Gasteiger partial charge in [0.2, 0.25) is 0 Å². The van der Waals surface area contributed by atoms with Crippen molar-refractivity contribution in [3.05, 3.63) is 21.0 Å². The second-order valence-electron chi connectivity index (χ2n) is 3.76. The summed E-state index contributed by atoms with van der Waals surface area (Å²) >= 11 is 6.61. The third-order valence-corrected chi connectivity index (χ3v) is 4.51. The van der Waals surface area contributed by atoms with Crippen molar-refractivity contribution in [3.63, 3.8) is 0 Å². The average molecular weight is 324 g/mol. The van der Waals surface area contributed by atoms with Crippen molar-refractivity contribution >= 4 is 31.9 Å². The summed E-state index contributed by atoms with van der Waals surface area (Å²) in [6.45, 7) is 0. The molecule has 1 heterocycles. The summed E-state index contributed by atoms with van der Waals surface area (Å²) in [5, 5.41) is 10.0. The zero-order valence-corrected chi connectivity index (χ0v) is 10.8. The van der Waals surface area contributed by atoms with Gasteiger partial charge in [0.1, 0.15) is 11.9 Å². The lowest BCUT2D eigenvalue weighted by molar-refractivity contribution is 0.0878. The predicted octanol–water partition coefficient (Wildman–Crippen LogP) is 4.03. The van der Waals surface area contributed by atoms with Crippen LogP contribution in [0.15, 0.2) is 19.6 Å². The molecule has 0 saturated heterocycles. The Morgan fingerprint density at radius 1 is 1.36 bits per heavy atom. The number of aliphatic hydroxyl groups is 1. The van der Waals surface area contributed by atoms with Crippen molar-refractivity contribution in [2.45, 2.75) is 31.8 Å². The number of furan rings is 1. The van der Waals surface area contributed by atoms with E-state index in [1.165, 1.54) is 12.8 Å². The fourth-order valence-electron chi connectivity index (χ4n) is 2.01. The molecule has 4 heteroatoms. The average Bonchev–Trinajstić information content (AvgIpc) is 2.76. The maximum atomic E-state index is 10.0. The first kappa shape index (κ1) is 10.7. The van der Waals surface area contributed by atoms with Crippen molar-refractivity contribution in [2.75, 3.05) is 0 Å². The lowest BCUT2D eigenvalue weighted by atomic mass is 9.99. The predicted molar refractivity (Wildman–Crippen MR) is 61.0 cm³/mol. The number of halogens is 2. The molecule has 1 N–H and O–H groups in total. The number of hydrogen-bond acceptors (Lipinski definition) is 2. The number of aliphatic hydroxyl groups excluding tert-OH is 1. The van der Waals surface area contributed by atoms with E-state index in [1.54, 1.807) is 0 Å². The highest BCUT2D eigenvalue weighted by Crippen LogP contribution is 2.38. The van der Waals surface area contributed by atoms with Gasteiger partial charge in [-0.3, -0.25) is 0 Å². The summed E-state index contributed by atoms with van der Waals surface area (Å²) in [7, 11) is 0. The Labute approximate surface area is 99.9 Å². The first-order valence-corrected chi connectivity index (χ1v) is 6.40. The summed E-state index contributed by atoms with van der Waals surface area (Å²) in [5.41, 5.74) is 0. The fraction of sp³-hybridized carbons (Fsp3) is 0.600. The van der Waals surface area contributed by atoms with Crippen molar-refractivity contribution in [2.24, 2.45) is 5.92 Å². The quantitative estimate of drug-likeness (QED) is 0.891. The Bertz CT molecular complexity index is 296. The van der Waals surface area contributed by atoms with E-state index >= 15 is 0 Å². The SMILES string of the molecule is OC(c1cc(Br)c(Br)o1)C1CCCC1. The van der Waals surface area contributed by atoms with Gasteiger partial charge >= 0.3 is 0 Å². The minimum absolute atomic E-state index is 0.375. The van der Waals surface area contributed by atoms with Crippen LogP contribution in [0.1, 0.15) is 37.5 Å². The summed E-state index contributed by atoms with van der Waals surface area (Å²) in [6.07, 6.45) is 4.23. The standard InChI is InChI=1S/C10H12Br2O2/c11-7-5-8(14-10(7)12)9(13)6-3-1-2-4-6/h5-6,9,13H,1-4H2. The topological polar surface area (TPSA) is 33.4 Å². The maximum absolute atomic E-state index is 10.0. The van der Waals surface area contributed by atoms with Crippen LogP contribution in [0.2, 0.25) is 0 Å². The van der Waals surface area contributed by atoms with E-state index in [1.807, 2.05) is 6.07 Å². The molecule has 1 aliphatic carbocycles. The van der Waals surface area contributed by atoms with E-state index in [9.17, 15) is 5.11 Å². The van der Waals surface area contributed by atoms with Crippen LogP contribution in [0.4, 0.5) is 0 Å². The molecule has 1 unspecified atom stereocenters. The third kappa shape index (κ3) is 2.07. The first-order valence-electron chi connectivity index (χ1n) is 4.81. The Morgan fingerprint density at radius 2 is 2.00 bits per heavy atom. The smallest absolute Gasteiger partial charge is 0.183 e. The van der Waals surface area contributed by atoms with E-state index in [2.05, 4.69) is 31.9 Å². The van der Waals surface area contributed by atoms with Gasteiger partial charge in [-0.1, -0.05) is 12.8 Å². The van der Waals surface area contributed by atoms with Crippen LogP contribution in [0, 0.1) is 5.92 Å². The van der Waals surface area contributed by atoms with Gasteiger partial charge in [0.15, 0.2) is 4.67 Å². The van der Waals surface area contributed by atoms with Crippen molar-refractivity contribution in [3.8, 4) is 0 Å². The molecule has 0 bridgehead atoms. The third-order valence-electron chi connectivity index (χ3n) is 2.80. The summed E-state index contributed by atoms with van der Waals surface area (Å²) < 4.78 is 6.93. The zero-order valence-electron chi connectivity index (χ0n) is 7.67. The fourth-order valence-corrected chi connectivity index (χ4v) is 2.62. The Balaban J connectivity index is 2.13. The molecule has 0 spiro atoms. The highest BCUT2D eigenvalue weighted by molar-refractivity contribution is 9.13. The Hall–Kier alpha value is 0.200. The van der Waals surface area contributed by atoms with Crippen LogP contribution < -0.4 is 0 Å². The zero-order chi connectivity index (χ0) is 10.1. The van der Waals surface area contributed by atoms with Gasteiger partial charge in [-0.25, -0.2) is 0 Å². The van der Waals surface area contributed by atoms with Gasteiger partial charge in [-0.05, 0) is 56.7 Å². The minimum Gasteiger partial charge on any atom is -0.450 e. The summed E-state index contributed by atoms with van der Waals surface area (Å²) in [6, 6.07) is 1.84. The van der Waals surface area contributed by atoms with Crippen molar-refractivity contribution in [1.82, 2.24) is 0 Å². The molecule has 1 fully saturated rings. The van der Waals surface area contributed by atoms with Gasteiger partial charge in [-0.2, -0.15) is 0 Å². The first-order chi connectivity index (χ1) is 6.68. The molecule has 0 aliphatic heterocycles. The van der Waals surface area contributed by atoms with Crippen LogP contribution in [0.25, 0.3) is 0 Å². The molecular formula is C10H12Br2O2. The maximum Gasteiger partial charge on any atom is 0.183 e. The molecule has 1 aromatic heterocycles. The minimum atomic E-state index is -0.444. The van der Waals surface area contributed by atoms with E-state index in [4.69, 9.17) is 4.42 Å². The Morgan fingerprint density at radius 3 is 2.50 bits per heavy atom. The largest absolute Gasteiger partial charge is 0.450 e. The van der Waals surface area contributed by atoms with Gasteiger partial charge in [0.25, 0.3) is 0 Å². The summed E-state index contributed by atoms with van der Waals surface area (Å²) in [5.74, 6) is 1.04. The molecule has 1 saturated carbocycles. The molecule has 1 aliphatic rings. The molecule has 0 amide bonds. The van der Waals surface area contributed by atoms with Crippen LogP contribution in [-0.4, -0.2) is 5.11 Å². The van der Waals surface area contributed by atoms with Gasteiger partial charge in [0, 0.05) is 0 Å². The van der Waals surface area contributed by atoms with E-state index in [-0.39, 0.29) is 0 Å². The van der Waals surface area contributed by atoms with E-state index in [0.717, 1.165) is 17.3 Å². The molecule has 0 radical (unpaired) electrons. The molecule has 78 valence electrons. The highest BCUT2D eigenvalue weighted by atomic mass is 79.9. The van der Waals surface area contributed by atoms with Gasteiger partial charge < -0.3 is 9.52 Å². The Kier molecular flexibility index (Phi) is 3.34. The van der Waals surface area contributed by atoms with E-state index in [0.29, 0.717) is 16.3 Å². The molecule has 2 nitrogen and oxygen atoms in total. The van der Waals surface area contributed by atoms with E-state index < -0.39 is 6.10 Å². The number of rotatable bonds is 2. The number of hydrogen-bond donors (Lipinski definition) is 1. The van der Waals surface area contributed by atoms with Crippen molar-refractivity contribution in [1.29, 1.82) is 0 Å². The molecular weight excluding hydrogens is 312 g/mol. The summed E-state index contributed by atoms with van der Waals surface area (Å²) in [4.78, 5) is 0. The normalized spacial score (nSPS) is 20.2. The van der Waals surface area contributed by atoms with Crippen LogP contribution >= 0.6 is 31.9 Å². The van der Waals surface area contributed by atoms with Crippen LogP contribution in [-0.2, 0) is 0 Å². The molecule has 1 aromatic rings. The molecule has 2 rings (SSSR count). The molecule has 0 aromatic carbocycles. The van der Waals surface area contributed by atoms with Gasteiger partial charge in [-0.15, -0.1) is 0 Å². The second-order valence-corrected chi connectivity index (χ2v) is 5.33. The highest BCUT2D eigenvalue weighted by Gasteiger charge is 2.27. The van der Waals surface area contributed by atoms with Crippen LogP contribution in [0.5, 0.6) is 0 Å². The van der Waals surface area contributed by atoms with Gasteiger partial charge in [0.05, 0.1) is 4.47 Å². The van der Waals surface area contributed by atoms with Crippen molar-refractivity contribution < 1.29 is 9.52 Å². The molecule has 14 heavy (non-hydrogen) atoms.